The molecule has 0 aromatic heterocycles. The number of imide groups is 1. The van der Waals surface area contributed by atoms with Crippen molar-refractivity contribution in [2.24, 2.45) is 0 Å². The van der Waals surface area contributed by atoms with Crippen molar-refractivity contribution in [3.8, 4) is 0 Å². The number of rotatable bonds is 4. The van der Waals surface area contributed by atoms with Crippen LogP contribution in [-0.2, 0) is 9.53 Å². The first kappa shape index (κ1) is 16.8. The van der Waals surface area contributed by atoms with Crippen molar-refractivity contribution in [1.82, 2.24) is 10.6 Å². The Hall–Kier alpha value is -2.57. The Bertz CT molecular complexity index is 565. The molecule has 7 heteroatoms. The lowest BCUT2D eigenvalue weighted by molar-refractivity contribution is -0.123. The summed E-state index contributed by atoms with van der Waals surface area (Å²) in [7, 11) is 0. The normalized spacial score (nSPS) is 14.8. The molecule has 0 spiro atoms. The highest BCUT2D eigenvalue weighted by Crippen LogP contribution is 2.17. The minimum absolute atomic E-state index is 0.105. The summed E-state index contributed by atoms with van der Waals surface area (Å²) in [4.78, 5) is 35.0. The van der Waals surface area contributed by atoms with Gasteiger partial charge in [0.1, 0.15) is 0 Å². The number of anilines is 1. The second kappa shape index (κ2) is 8.17. The van der Waals surface area contributed by atoms with E-state index in [9.17, 15) is 14.4 Å². The Kier molecular flexibility index (Phi) is 5.96. The average Bonchev–Trinajstić information content (AvgIpc) is 2.54. The fraction of sp³-hybridized carbons (Fsp3) is 0.438. The third-order valence-corrected chi connectivity index (χ3v) is 3.67. The first-order chi connectivity index (χ1) is 11.0. The molecular weight excluding hydrogens is 298 g/mol. The van der Waals surface area contributed by atoms with Gasteiger partial charge in [-0.15, -0.1) is 0 Å². The van der Waals surface area contributed by atoms with E-state index in [1.54, 1.807) is 12.1 Å². The smallest absolute Gasteiger partial charge is 0.338 e. The number of ether oxygens (including phenoxy) is 1. The Balaban J connectivity index is 1.70. The van der Waals surface area contributed by atoms with Crippen molar-refractivity contribution < 1.29 is 19.1 Å². The first-order valence-corrected chi connectivity index (χ1v) is 7.67. The van der Waals surface area contributed by atoms with Crippen molar-refractivity contribution in [3.05, 3.63) is 29.8 Å². The largest absolute Gasteiger partial charge is 0.452 e. The third kappa shape index (κ3) is 5.61. The summed E-state index contributed by atoms with van der Waals surface area (Å²) in [6, 6.07) is 5.69. The molecule has 1 aromatic carbocycles. The van der Waals surface area contributed by atoms with E-state index >= 15 is 0 Å². The van der Waals surface area contributed by atoms with Crippen molar-refractivity contribution in [3.63, 3.8) is 0 Å². The van der Waals surface area contributed by atoms with Gasteiger partial charge in [-0.25, -0.2) is 9.59 Å². The van der Waals surface area contributed by atoms with Gasteiger partial charge in [0.2, 0.25) is 0 Å². The lowest BCUT2D eigenvalue weighted by Crippen LogP contribution is -2.46. The van der Waals surface area contributed by atoms with Crippen molar-refractivity contribution in [2.45, 2.75) is 38.1 Å². The molecule has 0 heterocycles. The molecule has 0 unspecified atom stereocenters. The van der Waals surface area contributed by atoms with Crippen LogP contribution in [0.2, 0.25) is 0 Å². The molecule has 0 saturated heterocycles. The Labute approximate surface area is 134 Å². The maximum absolute atomic E-state index is 11.7. The third-order valence-electron chi connectivity index (χ3n) is 3.67. The average molecular weight is 319 g/mol. The van der Waals surface area contributed by atoms with E-state index in [1.807, 2.05) is 0 Å². The molecule has 4 N–H and O–H groups in total. The van der Waals surface area contributed by atoms with Crippen LogP contribution in [0.3, 0.4) is 0 Å². The zero-order valence-electron chi connectivity index (χ0n) is 12.8. The van der Waals surface area contributed by atoms with Crippen LogP contribution in [0.25, 0.3) is 0 Å². The van der Waals surface area contributed by atoms with Crippen molar-refractivity contribution >= 4 is 23.6 Å². The van der Waals surface area contributed by atoms with Gasteiger partial charge in [-0.2, -0.15) is 0 Å². The molecule has 7 nitrogen and oxygen atoms in total. The number of nitrogens with one attached hydrogen (secondary N) is 2. The SMILES string of the molecule is Nc1ccc(C(=O)OCC(=O)NC(=O)NC2CCCCC2)cc1. The lowest BCUT2D eigenvalue weighted by atomic mass is 9.96. The highest BCUT2D eigenvalue weighted by atomic mass is 16.5. The molecule has 23 heavy (non-hydrogen) atoms. The summed E-state index contributed by atoms with van der Waals surface area (Å²) >= 11 is 0. The Morgan fingerprint density at radius 1 is 1.09 bits per heavy atom. The number of carbonyl (C=O) groups is 3. The number of hydrogen-bond acceptors (Lipinski definition) is 5. The monoisotopic (exact) mass is 319 g/mol. The topological polar surface area (TPSA) is 111 Å². The molecule has 2 rings (SSSR count). The van der Waals surface area contributed by atoms with E-state index in [4.69, 9.17) is 10.5 Å². The number of nitrogen functional groups attached to an aromatic ring is 1. The van der Waals surface area contributed by atoms with Gasteiger partial charge in [0.15, 0.2) is 6.61 Å². The van der Waals surface area contributed by atoms with Crippen LogP contribution in [-0.4, -0.2) is 30.6 Å². The van der Waals surface area contributed by atoms with Gasteiger partial charge in [0.05, 0.1) is 5.56 Å². The molecule has 0 radical (unpaired) electrons. The molecule has 0 aliphatic heterocycles. The number of urea groups is 1. The van der Waals surface area contributed by atoms with Crippen LogP contribution < -0.4 is 16.4 Å². The second-order valence-electron chi connectivity index (χ2n) is 5.55. The summed E-state index contributed by atoms with van der Waals surface area (Å²) < 4.78 is 4.85. The van der Waals surface area contributed by atoms with Gasteiger partial charge in [-0.05, 0) is 37.1 Å². The Morgan fingerprint density at radius 2 is 1.74 bits per heavy atom. The highest BCUT2D eigenvalue weighted by molar-refractivity contribution is 5.97. The number of hydrogen-bond donors (Lipinski definition) is 3. The van der Waals surface area contributed by atoms with E-state index in [-0.39, 0.29) is 6.04 Å². The zero-order valence-corrected chi connectivity index (χ0v) is 12.8. The van der Waals surface area contributed by atoms with Gasteiger partial charge in [0.25, 0.3) is 5.91 Å². The fourth-order valence-corrected chi connectivity index (χ4v) is 2.46. The van der Waals surface area contributed by atoms with Crippen LogP contribution in [0.5, 0.6) is 0 Å². The molecule has 1 aliphatic carbocycles. The number of amides is 3. The number of esters is 1. The number of carbonyl (C=O) groups excluding carboxylic acids is 3. The van der Waals surface area contributed by atoms with Gasteiger partial charge < -0.3 is 15.8 Å². The molecule has 0 atom stereocenters. The molecule has 3 amide bonds. The molecule has 124 valence electrons. The van der Waals surface area contributed by atoms with Crippen LogP contribution in [0.15, 0.2) is 24.3 Å². The summed E-state index contributed by atoms with van der Waals surface area (Å²) in [5.41, 5.74) is 6.34. The van der Waals surface area contributed by atoms with Crippen LogP contribution >= 0.6 is 0 Å². The summed E-state index contributed by atoms with van der Waals surface area (Å²) in [6.45, 7) is -0.513. The molecule has 1 saturated carbocycles. The van der Waals surface area contributed by atoms with Crippen LogP contribution in [0, 0.1) is 0 Å². The fourth-order valence-electron chi connectivity index (χ4n) is 2.46. The molecule has 1 aromatic rings. The number of benzene rings is 1. The van der Waals surface area contributed by atoms with Gasteiger partial charge in [-0.1, -0.05) is 19.3 Å². The summed E-state index contributed by atoms with van der Waals surface area (Å²) in [5.74, 6) is -1.31. The van der Waals surface area contributed by atoms with Gasteiger partial charge >= 0.3 is 12.0 Å². The maximum Gasteiger partial charge on any atom is 0.338 e. The van der Waals surface area contributed by atoms with E-state index in [0.29, 0.717) is 11.3 Å². The predicted octanol–water partition coefficient (Wildman–Crippen LogP) is 1.58. The number of nitrogens with two attached hydrogens (primary N) is 1. The van der Waals surface area contributed by atoms with E-state index in [2.05, 4.69) is 10.6 Å². The summed E-state index contributed by atoms with van der Waals surface area (Å²) in [5, 5.41) is 4.91. The van der Waals surface area contributed by atoms with E-state index in [0.717, 1.165) is 25.7 Å². The minimum Gasteiger partial charge on any atom is -0.452 e. The standard InChI is InChI=1S/C16H21N3O4/c17-12-8-6-11(7-9-12)15(21)23-10-14(20)19-16(22)18-13-4-2-1-3-5-13/h6-9,13H,1-5,10,17H2,(H2,18,19,20,22). The minimum atomic E-state index is -0.665. The quantitative estimate of drug-likeness (QED) is 0.576. The van der Waals surface area contributed by atoms with Gasteiger partial charge in [-0.3, -0.25) is 10.1 Å². The van der Waals surface area contributed by atoms with Crippen LogP contribution in [0.4, 0.5) is 10.5 Å². The van der Waals surface area contributed by atoms with Crippen molar-refractivity contribution in [2.75, 3.05) is 12.3 Å². The molecule has 0 bridgehead atoms. The molecule has 1 fully saturated rings. The van der Waals surface area contributed by atoms with E-state index in [1.165, 1.54) is 18.6 Å². The second-order valence-corrected chi connectivity index (χ2v) is 5.55. The lowest BCUT2D eigenvalue weighted by Gasteiger charge is -2.22. The predicted molar refractivity (Wildman–Crippen MR) is 84.7 cm³/mol. The Morgan fingerprint density at radius 3 is 2.39 bits per heavy atom. The highest BCUT2D eigenvalue weighted by Gasteiger charge is 2.17. The molecular formula is C16H21N3O4. The summed E-state index contributed by atoms with van der Waals surface area (Å²) in [6.07, 6.45) is 5.19. The molecule has 1 aliphatic rings. The van der Waals surface area contributed by atoms with E-state index < -0.39 is 24.5 Å². The van der Waals surface area contributed by atoms with Gasteiger partial charge in [0, 0.05) is 11.7 Å². The zero-order chi connectivity index (χ0) is 16.7. The maximum atomic E-state index is 11.7. The first-order valence-electron chi connectivity index (χ1n) is 7.67. The van der Waals surface area contributed by atoms with Crippen LogP contribution in [0.1, 0.15) is 42.5 Å². The van der Waals surface area contributed by atoms with Crippen molar-refractivity contribution in [1.29, 1.82) is 0 Å².